The number of carbonyl (C=O) groups excluding carboxylic acids is 2. The van der Waals surface area contributed by atoms with E-state index in [9.17, 15) is 9.59 Å². The van der Waals surface area contributed by atoms with Crippen molar-refractivity contribution < 1.29 is 23.5 Å². The standard InChI is InChI=1S/C24H38O5Si/c1-14(2)17-12-18(15(3)19(13-17)29-30(10,11)23(5,6)7)21(25)20-16(4)27-24(8,9)28-22(20)26/h17,19H,1,12-13H2,2-11H3/t17-,19?/m0/s1. The minimum atomic E-state index is -2.05. The number of ketones is 1. The molecule has 0 N–H and O–H groups in total. The van der Waals surface area contributed by atoms with Gasteiger partial charge in [0.25, 0.3) is 0 Å². The Bertz CT molecular complexity index is 823. The van der Waals surface area contributed by atoms with Gasteiger partial charge in [-0.1, -0.05) is 32.9 Å². The first kappa shape index (κ1) is 24.6. The molecule has 0 bridgehead atoms. The summed E-state index contributed by atoms with van der Waals surface area (Å²) in [4.78, 5) is 26.1. The zero-order chi connectivity index (χ0) is 23.2. The van der Waals surface area contributed by atoms with Gasteiger partial charge in [0, 0.05) is 19.4 Å². The molecule has 0 aromatic carbocycles. The van der Waals surface area contributed by atoms with Crippen LogP contribution >= 0.6 is 0 Å². The van der Waals surface area contributed by atoms with Gasteiger partial charge in [0.15, 0.2) is 14.1 Å². The van der Waals surface area contributed by atoms with Crippen molar-refractivity contribution in [2.24, 2.45) is 5.92 Å². The lowest BCUT2D eigenvalue weighted by molar-refractivity contribution is -0.207. The van der Waals surface area contributed by atoms with E-state index in [0.29, 0.717) is 17.8 Å². The van der Waals surface area contributed by atoms with Gasteiger partial charge in [0.2, 0.25) is 5.79 Å². The summed E-state index contributed by atoms with van der Waals surface area (Å²) in [5.74, 6) is -1.59. The first-order valence-electron chi connectivity index (χ1n) is 10.7. The van der Waals surface area contributed by atoms with E-state index in [4.69, 9.17) is 13.9 Å². The van der Waals surface area contributed by atoms with Crippen molar-refractivity contribution in [2.75, 3.05) is 0 Å². The summed E-state index contributed by atoms with van der Waals surface area (Å²) >= 11 is 0. The SMILES string of the molecule is C=C(C)[C@H]1CC(C(=O)C2=C(C)OC(C)(C)OC2=O)=C(C)C(O[Si](C)(C)C(C)(C)C)C1. The number of ether oxygens (including phenoxy) is 2. The zero-order valence-corrected chi connectivity index (χ0v) is 21.3. The van der Waals surface area contributed by atoms with Crippen LogP contribution in [0.5, 0.6) is 0 Å². The Hall–Kier alpha value is -1.66. The molecule has 1 heterocycles. The van der Waals surface area contributed by atoms with E-state index in [-0.39, 0.29) is 28.4 Å². The Morgan fingerprint density at radius 2 is 1.77 bits per heavy atom. The Morgan fingerprint density at radius 3 is 2.23 bits per heavy atom. The van der Waals surface area contributed by atoms with Crippen LogP contribution in [0.3, 0.4) is 0 Å². The van der Waals surface area contributed by atoms with Crippen molar-refractivity contribution in [3.8, 4) is 0 Å². The number of allylic oxidation sites excluding steroid dienone is 3. The molecule has 1 aliphatic heterocycles. The molecule has 0 spiro atoms. The van der Waals surface area contributed by atoms with Crippen molar-refractivity contribution in [2.45, 2.75) is 98.3 Å². The molecule has 0 aromatic rings. The normalized spacial score (nSPS) is 25.1. The number of rotatable bonds is 5. The molecule has 0 saturated heterocycles. The van der Waals surface area contributed by atoms with E-state index in [0.717, 1.165) is 17.6 Å². The second-order valence-corrected chi connectivity index (χ2v) is 15.4. The van der Waals surface area contributed by atoms with Crippen LogP contribution in [0.1, 0.15) is 68.2 Å². The summed E-state index contributed by atoms with van der Waals surface area (Å²) in [5, 5.41) is 0.0549. The minimum absolute atomic E-state index is 0.0166. The first-order valence-corrected chi connectivity index (χ1v) is 13.6. The van der Waals surface area contributed by atoms with Crippen LogP contribution in [-0.4, -0.2) is 32.0 Å². The Labute approximate surface area is 182 Å². The molecular weight excluding hydrogens is 396 g/mol. The smallest absolute Gasteiger partial charge is 0.348 e. The molecule has 2 aliphatic rings. The average Bonchev–Trinajstić information content (AvgIpc) is 2.53. The highest BCUT2D eigenvalue weighted by atomic mass is 28.4. The second kappa shape index (κ2) is 8.12. The van der Waals surface area contributed by atoms with Gasteiger partial charge >= 0.3 is 5.97 Å². The number of carbonyl (C=O) groups is 2. The topological polar surface area (TPSA) is 61.8 Å². The van der Waals surface area contributed by atoms with E-state index < -0.39 is 20.1 Å². The van der Waals surface area contributed by atoms with Gasteiger partial charge < -0.3 is 13.9 Å². The van der Waals surface area contributed by atoms with Crippen LogP contribution in [0.25, 0.3) is 0 Å². The van der Waals surface area contributed by atoms with Gasteiger partial charge in [0.1, 0.15) is 11.3 Å². The van der Waals surface area contributed by atoms with E-state index in [2.05, 4.69) is 40.4 Å². The molecular formula is C24H38O5Si. The molecule has 0 aromatic heterocycles. The maximum atomic E-state index is 13.5. The third-order valence-corrected chi connectivity index (χ3v) is 11.1. The molecule has 0 saturated carbocycles. The van der Waals surface area contributed by atoms with E-state index in [1.165, 1.54) is 0 Å². The Balaban J connectivity index is 2.49. The highest BCUT2D eigenvalue weighted by Crippen LogP contribution is 2.43. The fourth-order valence-corrected chi connectivity index (χ4v) is 5.04. The monoisotopic (exact) mass is 434 g/mol. The lowest BCUT2D eigenvalue weighted by Gasteiger charge is -2.42. The maximum Gasteiger partial charge on any atom is 0.348 e. The van der Waals surface area contributed by atoms with E-state index in [1.807, 2.05) is 13.8 Å². The summed E-state index contributed by atoms with van der Waals surface area (Å²) in [7, 11) is -2.05. The van der Waals surface area contributed by atoms with Gasteiger partial charge in [-0.2, -0.15) is 0 Å². The molecule has 6 heteroatoms. The van der Waals surface area contributed by atoms with Gasteiger partial charge in [-0.25, -0.2) is 4.79 Å². The van der Waals surface area contributed by atoms with Crippen molar-refractivity contribution in [1.29, 1.82) is 0 Å². The predicted molar refractivity (Wildman–Crippen MR) is 121 cm³/mol. The molecule has 30 heavy (non-hydrogen) atoms. The van der Waals surface area contributed by atoms with E-state index in [1.54, 1.807) is 20.8 Å². The van der Waals surface area contributed by atoms with Crippen LogP contribution < -0.4 is 0 Å². The van der Waals surface area contributed by atoms with Crippen LogP contribution in [0.4, 0.5) is 0 Å². The summed E-state index contributed by atoms with van der Waals surface area (Å²) < 4.78 is 17.7. The third-order valence-electron chi connectivity index (χ3n) is 6.64. The summed E-state index contributed by atoms with van der Waals surface area (Å²) in [6.07, 6.45) is 1.18. The second-order valence-electron chi connectivity index (χ2n) is 10.7. The number of cyclic esters (lactones) is 1. The molecule has 5 nitrogen and oxygen atoms in total. The van der Waals surface area contributed by atoms with Crippen LogP contribution in [0, 0.1) is 5.92 Å². The van der Waals surface area contributed by atoms with Crippen LogP contribution in [0.2, 0.25) is 18.1 Å². The molecule has 0 radical (unpaired) electrons. The Morgan fingerprint density at radius 1 is 1.20 bits per heavy atom. The molecule has 168 valence electrons. The van der Waals surface area contributed by atoms with Gasteiger partial charge in [-0.3, -0.25) is 4.79 Å². The van der Waals surface area contributed by atoms with Crippen LogP contribution in [0.15, 0.2) is 34.6 Å². The maximum absolute atomic E-state index is 13.5. The number of hydrogen-bond donors (Lipinski definition) is 0. The third kappa shape index (κ3) is 4.97. The summed E-state index contributed by atoms with van der Waals surface area (Å²) in [6.45, 7) is 24.1. The van der Waals surface area contributed by atoms with Crippen LogP contribution in [-0.2, 0) is 23.5 Å². The molecule has 0 amide bonds. The zero-order valence-electron chi connectivity index (χ0n) is 20.3. The summed E-state index contributed by atoms with van der Waals surface area (Å²) in [5.41, 5.74) is 2.52. The molecule has 1 unspecified atom stereocenters. The molecule has 1 aliphatic carbocycles. The van der Waals surface area contributed by atoms with Gasteiger partial charge in [0.05, 0.1) is 6.10 Å². The van der Waals surface area contributed by atoms with Gasteiger partial charge in [-0.15, -0.1) is 0 Å². The largest absolute Gasteiger partial charge is 0.456 e. The van der Waals surface area contributed by atoms with Crippen molar-refractivity contribution >= 4 is 20.1 Å². The van der Waals surface area contributed by atoms with Crippen molar-refractivity contribution in [1.82, 2.24) is 0 Å². The average molecular weight is 435 g/mol. The molecule has 2 atom stereocenters. The fourth-order valence-electron chi connectivity index (χ4n) is 3.70. The molecule has 2 rings (SSSR count). The minimum Gasteiger partial charge on any atom is -0.456 e. The predicted octanol–water partition coefficient (Wildman–Crippen LogP) is 5.83. The lowest BCUT2D eigenvalue weighted by Crippen LogP contribution is -2.46. The molecule has 0 fully saturated rings. The first-order chi connectivity index (χ1) is 13.5. The lowest BCUT2D eigenvalue weighted by atomic mass is 9.77. The number of esters is 1. The van der Waals surface area contributed by atoms with Crippen molar-refractivity contribution in [3.05, 3.63) is 34.6 Å². The van der Waals surface area contributed by atoms with Gasteiger partial charge in [-0.05, 0) is 63.2 Å². The quantitative estimate of drug-likeness (QED) is 0.236. The van der Waals surface area contributed by atoms with E-state index >= 15 is 0 Å². The Kier molecular flexibility index (Phi) is 6.66. The fraction of sp³-hybridized carbons (Fsp3) is 0.667. The van der Waals surface area contributed by atoms with Crippen molar-refractivity contribution in [3.63, 3.8) is 0 Å². The summed E-state index contributed by atoms with van der Waals surface area (Å²) in [6, 6.07) is 0. The highest BCUT2D eigenvalue weighted by Gasteiger charge is 2.44. The number of hydrogen-bond acceptors (Lipinski definition) is 5. The number of Topliss-reactive ketones (excluding diaryl/α,β-unsaturated/α-hetero) is 1. The highest BCUT2D eigenvalue weighted by molar-refractivity contribution is 6.74.